The van der Waals surface area contributed by atoms with Crippen LogP contribution in [0.15, 0.2) is 0 Å². The van der Waals surface area contributed by atoms with Gasteiger partial charge in [-0.3, -0.25) is 0 Å². The quantitative estimate of drug-likeness (QED) is 0.625. The predicted octanol–water partition coefficient (Wildman–Crippen LogP) is 0.514. The zero-order chi connectivity index (χ0) is 9.84. The third-order valence-electron chi connectivity index (χ3n) is 2.83. The molecule has 0 aliphatic carbocycles. The smallest absolute Gasteiger partial charge is 0.314 e. The van der Waals surface area contributed by atoms with Gasteiger partial charge < -0.3 is 16.4 Å². The maximum atomic E-state index is 10.9. The predicted molar refractivity (Wildman–Crippen MR) is 52.1 cm³/mol. The summed E-state index contributed by atoms with van der Waals surface area (Å²) in [5.41, 5.74) is 11.0. The summed E-state index contributed by atoms with van der Waals surface area (Å²) >= 11 is 0. The second-order valence-electron chi connectivity index (χ2n) is 3.88. The van der Waals surface area contributed by atoms with Gasteiger partial charge in [-0.05, 0) is 32.1 Å². The van der Waals surface area contributed by atoms with E-state index >= 15 is 0 Å². The molecule has 0 spiro atoms. The molecule has 0 aromatic heterocycles. The lowest BCUT2D eigenvalue weighted by Gasteiger charge is -2.19. The van der Waals surface area contributed by atoms with E-state index in [2.05, 4.69) is 0 Å². The second kappa shape index (κ2) is 4.46. The molecule has 1 rings (SSSR count). The molecule has 2 amide bonds. The zero-order valence-corrected chi connectivity index (χ0v) is 8.20. The third kappa shape index (κ3) is 2.88. The molecular weight excluding hydrogens is 166 g/mol. The third-order valence-corrected chi connectivity index (χ3v) is 2.83. The summed E-state index contributed by atoms with van der Waals surface area (Å²) in [5, 5.41) is 0. The number of nitrogens with zero attached hydrogens (tertiary/aromatic N) is 1. The van der Waals surface area contributed by atoms with E-state index in [1.807, 2.05) is 6.92 Å². The largest absolute Gasteiger partial charge is 0.351 e. The van der Waals surface area contributed by atoms with Gasteiger partial charge in [0.05, 0.1) is 0 Å². The van der Waals surface area contributed by atoms with Gasteiger partial charge in [0.1, 0.15) is 0 Å². The van der Waals surface area contributed by atoms with Crippen molar-refractivity contribution in [3.8, 4) is 0 Å². The maximum Gasteiger partial charge on any atom is 0.314 e. The number of rotatable bonds is 1. The van der Waals surface area contributed by atoms with E-state index in [0.29, 0.717) is 5.92 Å². The fourth-order valence-corrected chi connectivity index (χ4v) is 1.87. The van der Waals surface area contributed by atoms with Crippen molar-refractivity contribution in [2.45, 2.75) is 32.2 Å². The highest BCUT2D eigenvalue weighted by molar-refractivity contribution is 5.71. The van der Waals surface area contributed by atoms with E-state index in [-0.39, 0.29) is 12.1 Å². The van der Waals surface area contributed by atoms with Crippen molar-refractivity contribution in [1.82, 2.24) is 4.90 Å². The molecule has 1 aliphatic rings. The molecule has 13 heavy (non-hydrogen) atoms. The summed E-state index contributed by atoms with van der Waals surface area (Å²) in [6, 6.07) is -0.0712. The van der Waals surface area contributed by atoms with Gasteiger partial charge in [0.25, 0.3) is 0 Å². The molecular formula is C9H19N3O. The number of hydrogen-bond donors (Lipinski definition) is 2. The van der Waals surface area contributed by atoms with E-state index in [1.54, 1.807) is 4.90 Å². The molecule has 1 fully saturated rings. The number of carbonyl (C=O) groups excluding carboxylic acids is 1. The average molecular weight is 185 g/mol. The molecule has 2 atom stereocenters. The van der Waals surface area contributed by atoms with Crippen molar-refractivity contribution < 1.29 is 4.79 Å². The molecule has 4 nitrogen and oxygen atoms in total. The number of hydrogen-bond acceptors (Lipinski definition) is 2. The minimum Gasteiger partial charge on any atom is -0.351 e. The van der Waals surface area contributed by atoms with Crippen LogP contribution in [0.2, 0.25) is 0 Å². The molecule has 0 aromatic rings. The Bertz CT molecular complexity index is 182. The lowest BCUT2D eigenvalue weighted by molar-refractivity contribution is 0.208. The maximum absolute atomic E-state index is 10.9. The Labute approximate surface area is 79.3 Å². The first-order chi connectivity index (χ1) is 6.11. The van der Waals surface area contributed by atoms with Crippen LogP contribution < -0.4 is 11.5 Å². The van der Waals surface area contributed by atoms with Crippen molar-refractivity contribution in [3.05, 3.63) is 0 Å². The monoisotopic (exact) mass is 185 g/mol. The molecule has 1 aliphatic heterocycles. The van der Waals surface area contributed by atoms with Crippen molar-refractivity contribution in [3.63, 3.8) is 0 Å². The van der Waals surface area contributed by atoms with E-state index in [9.17, 15) is 4.79 Å². The number of likely N-dealkylation sites (tertiary alicyclic amines) is 1. The van der Waals surface area contributed by atoms with Crippen molar-refractivity contribution in [2.24, 2.45) is 17.4 Å². The normalized spacial score (nSPS) is 26.6. The van der Waals surface area contributed by atoms with Crippen LogP contribution in [0.25, 0.3) is 0 Å². The molecule has 4 N–H and O–H groups in total. The van der Waals surface area contributed by atoms with Gasteiger partial charge >= 0.3 is 6.03 Å². The van der Waals surface area contributed by atoms with Gasteiger partial charge in [0.15, 0.2) is 0 Å². The summed E-state index contributed by atoms with van der Waals surface area (Å²) in [5.74, 6) is 0.546. The van der Waals surface area contributed by atoms with Crippen molar-refractivity contribution >= 4 is 6.03 Å². The van der Waals surface area contributed by atoms with Gasteiger partial charge in [-0.25, -0.2) is 4.79 Å². The number of urea groups is 1. The highest BCUT2D eigenvalue weighted by Crippen LogP contribution is 2.19. The van der Waals surface area contributed by atoms with E-state index < -0.39 is 0 Å². The van der Waals surface area contributed by atoms with E-state index in [0.717, 1.165) is 32.4 Å². The molecule has 0 saturated carbocycles. The minimum atomic E-state index is -0.301. The topological polar surface area (TPSA) is 72.3 Å². The Morgan fingerprint density at radius 3 is 2.69 bits per heavy atom. The summed E-state index contributed by atoms with van der Waals surface area (Å²) in [6.07, 6.45) is 3.12. The Balaban J connectivity index is 2.44. The lowest BCUT2D eigenvalue weighted by Crippen LogP contribution is -2.36. The van der Waals surface area contributed by atoms with Gasteiger partial charge in [0, 0.05) is 19.1 Å². The number of carbonyl (C=O) groups is 1. The van der Waals surface area contributed by atoms with E-state index in [4.69, 9.17) is 11.5 Å². The van der Waals surface area contributed by atoms with Gasteiger partial charge in [-0.2, -0.15) is 0 Å². The number of primary amides is 1. The fourth-order valence-electron chi connectivity index (χ4n) is 1.87. The Morgan fingerprint density at radius 1 is 1.46 bits per heavy atom. The lowest BCUT2D eigenvalue weighted by atomic mass is 9.94. The van der Waals surface area contributed by atoms with Crippen molar-refractivity contribution in [1.29, 1.82) is 0 Å². The molecule has 1 saturated heterocycles. The first-order valence-corrected chi connectivity index (χ1v) is 4.91. The molecule has 4 heteroatoms. The van der Waals surface area contributed by atoms with E-state index in [1.165, 1.54) is 0 Å². The first kappa shape index (κ1) is 10.3. The van der Waals surface area contributed by atoms with Crippen LogP contribution >= 0.6 is 0 Å². The molecule has 0 bridgehead atoms. The Hall–Kier alpha value is -0.770. The number of amides is 2. The van der Waals surface area contributed by atoms with Crippen molar-refractivity contribution in [2.75, 3.05) is 13.1 Å². The van der Waals surface area contributed by atoms with Gasteiger partial charge in [-0.1, -0.05) is 0 Å². The average Bonchev–Trinajstić information content (AvgIpc) is 2.27. The minimum absolute atomic E-state index is 0.229. The zero-order valence-electron chi connectivity index (χ0n) is 8.20. The SMILES string of the molecule is CC(N)C1CCCN(C(N)=O)CC1. The van der Waals surface area contributed by atoms with Crippen LogP contribution in [0.1, 0.15) is 26.2 Å². The first-order valence-electron chi connectivity index (χ1n) is 4.91. The second-order valence-corrected chi connectivity index (χ2v) is 3.88. The molecule has 76 valence electrons. The fraction of sp³-hybridized carbons (Fsp3) is 0.889. The Morgan fingerprint density at radius 2 is 2.15 bits per heavy atom. The van der Waals surface area contributed by atoms with Gasteiger partial charge in [0.2, 0.25) is 0 Å². The van der Waals surface area contributed by atoms with Crippen LogP contribution in [0.5, 0.6) is 0 Å². The molecule has 2 unspecified atom stereocenters. The summed E-state index contributed by atoms with van der Waals surface area (Å²) in [4.78, 5) is 12.6. The Kier molecular flexibility index (Phi) is 3.54. The highest BCUT2D eigenvalue weighted by atomic mass is 16.2. The van der Waals surface area contributed by atoms with Crippen LogP contribution in [-0.4, -0.2) is 30.1 Å². The van der Waals surface area contributed by atoms with Crippen LogP contribution in [0.4, 0.5) is 4.79 Å². The highest BCUT2D eigenvalue weighted by Gasteiger charge is 2.20. The van der Waals surface area contributed by atoms with Crippen LogP contribution in [0, 0.1) is 5.92 Å². The van der Waals surface area contributed by atoms with Crippen LogP contribution in [-0.2, 0) is 0 Å². The van der Waals surface area contributed by atoms with Crippen LogP contribution in [0.3, 0.4) is 0 Å². The molecule has 0 aromatic carbocycles. The molecule has 1 heterocycles. The summed E-state index contributed by atoms with van der Waals surface area (Å²) in [6.45, 7) is 3.59. The van der Waals surface area contributed by atoms with Gasteiger partial charge in [-0.15, -0.1) is 0 Å². The standard InChI is InChI=1S/C9H19N3O/c1-7(10)8-3-2-5-12(6-4-8)9(11)13/h7-8H,2-6,10H2,1H3,(H2,11,13). The summed E-state index contributed by atoms with van der Waals surface area (Å²) in [7, 11) is 0. The number of nitrogens with two attached hydrogens (primary N) is 2. The molecule has 0 radical (unpaired) electrons. The summed E-state index contributed by atoms with van der Waals surface area (Å²) < 4.78 is 0.